The number of thiophene rings is 1. The van der Waals surface area contributed by atoms with Crippen LogP contribution in [0.2, 0.25) is 0 Å². The Labute approximate surface area is 104 Å². The monoisotopic (exact) mass is 239 g/mol. The van der Waals surface area contributed by atoms with Crippen molar-refractivity contribution in [3.8, 4) is 0 Å². The smallest absolute Gasteiger partial charge is 0.0216 e. The first-order valence-corrected chi connectivity index (χ1v) is 7.40. The van der Waals surface area contributed by atoms with Gasteiger partial charge in [0.1, 0.15) is 0 Å². The molecule has 0 aliphatic rings. The highest BCUT2D eigenvalue weighted by Crippen LogP contribution is 2.17. The van der Waals surface area contributed by atoms with Gasteiger partial charge >= 0.3 is 0 Å². The molecule has 0 saturated heterocycles. The van der Waals surface area contributed by atoms with Crippen LogP contribution in [0.5, 0.6) is 0 Å². The van der Waals surface area contributed by atoms with Gasteiger partial charge in [-0.3, -0.25) is 0 Å². The van der Waals surface area contributed by atoms with Gasteiger partial charge in [0.05, 0.1) is 0 Å². The predicted octanol–water partition coefficient (Wildman–Crippen LogP) is 4.37. The molecule has 0 atom stereocenters. The predicted molar refractivity (Wildman–Crippen MR) is 74.1 cm³/mol. The summed E-state index contributed by atoms with van der Waals surface area (Å²) in [5.74, 6) is 0. The lowest BCUT2D eigenvalue weighted by molar-refractivity contribution is 0.589. The van der Waals surface area contributed by atoms with E-state index in [0.29, 0.717) is 6.04 Å². The highest BCUT2D eigenvalue weighted by Gasteiger charge is 2.00. The summed E-state index contributed by atoms with van der Waals surface area (Å²) in [4.78, 5) is 1.55. The van der Waals surface area contributed by atoms with Crippen molar-refractivity contribution in [3.63, 3.8) is 0 Å². The Bertz CT molecular complexity index is 278. The third-order valence-electron chi connectivity index (χ3n) is 2.70. The van der Waals surface area contributed by atoms with Crippen LogP contribution in [0.1, 0.15) is 56.9 Å². The van der Waals surface area contributed by atoms with Crippen LogP contribution in [-0.4, -0.2) is 6.04 Å². The molecule has 92 valence electrons. The van der Waals surface area contributed by atoms with E-state index in [2.05, 4.69) is 37.5 Å². The second-order valence-corrected chi connectivity index (χ2v) is 5.76. The summed E-state index contributed by atoms with van der Waals surface area (Å²) in [5.41, 5.74) is 1.45. The van der Waals surface area contributed by atoms with E-state index < -0.39 is 0 Å². The van der Waals surface area contributed by atoms with E-state index in [0.717, 1.165) is 6.54 Å². The number of nitrogens with one attached hydrogen (secondary N) is 1. The van der Waals surface area contributed by atoms with Crippen molar-refractivity contribution in [2.24, 2.45) is 0 Å². The van der Waals surface area contributed by atoms with Gasteiger partial charge in [-0.25, -0.2) is 0 Å². The molecule has 2 heteroatoms. The molecule has 0 aliphatic heterocycles. The van der Waals surface area contributed by atoms with Crippen LogP contribution >= 0.6 is 11.3 Å². The lowest BCUT2D eigenvalue weighted by Gasteiger charge is -2.05. The van der Waals surface area contributed by atoms with E-state index in [1.165, 1.54) is 37.7 Å². The highest BCUT2D eigenvalue weighted by molar-refractivity contribution is 7.10. The molecule has 0 fully saturated rings. The van der Waals surface area contributed by atoms with Crippen LogP contribution in [0.25, 0.3) is 0 Å². The van der Waals surface area contributed by atoms with Crippen LogP contribution in [0.15, 0.2) is 11.4 Å². The molecule has 1 aromatic rings. The minimum Gasteiger partial charge on any atom is -0.310 e. The van der Waals surface area contributed by atoms with Crippen molar-refractivity contribution in [3.05, 3.63) is 21.9 Å². The third kappa shape index (κ3) is 5.66. The lowest BCUT2D eigenvalue weighted by atomic mass is 10.1. The molecule has 1 aromatic heterocycles. The Morgan fingerprint density at radius 2 is 2.06 bits per heavy atom. The Kier molecular flexibility index (Phi) is 6.74. The first kappa shape index (κ1) is 13.7. The molecule has 0 radical (unpaired) electrons. The number of aryl methyl sites for hydroxylation is 1. The summed E-state index contributed by atoms with van der Waals surface area (Å²) in [7, 11) is 0. The summed E-state index contributed by atoms with van der Waals surface area (Å²) in [6.07, 6.45) is 6.72. The van der Waals surface area contributed by atoms with E-state index in [9.17, 15) is 0 Å². The van der Waals surface area contributed by atoms with Crippen molar-refractivity contribution in [2.75, 3.05) is 0 Å². The maximum absolute atomic E-state index is 3.46. The largest absolute Gasteiger partial charge is 0.310 e. The summed E-state index contributed by atoms with van der Waals surface area (Å²) < 4.78 is 0. The van der Waals surface area contributed by atoms with Crippen LogP contribution in [0, 0.1) is 0 Å². The van der Waals surface area contributed by atoms with Gasteiger partial charge < -0.3 is 5.32 Å². The third-order valence-corrected chi connectivity index (χ3v) is 3.74. The normalized spacial score (nSPS) is 11.2. The standard InChI is InChI=1S/C14H25NS/c1-4-5-6-7-8-14-9-13(11-16-14)10-15-12(2)3/h9,11-12,15H,4-8,10H2,1-3H3. The molecule has 0 aliphatic carbocycles. The average molecular weight is 239 g/mol. The molecule has 1 N–H and O–H groups in total. The molecule has 0 amide bonds. The summed E-state index contributed by atoms with van der Waals surface area (Å²) in [6, 6.07) is 2.94. The molecule has 1 nitrogen and oxygen atoms in total. The van der Waals surface area contributed by atoms with Gasteiger partial charge in [-0.2, -0.15) is 0 Å². The Morgan fingerprint density at radius 1 is 1.25 bits per heavy atom. The number of unbranched alkanes of at least 4 members (excludes halogenated alkanes) is 3. The van der Waals surface area contributed by atoms with Crippen molar-refractivity contribution in [2.45, 2.75) is 65.5 Å². The Morgan fingerprint density at radius 3 is 2.75 bits per heavy atom. The molecular formula is C14H25NS. The second-order valence-electron chi connectivity index (χ2n) is 4.77. The number of rotatable bonds is 8. The molecular weight excluding hydrogens is 214 g/mol. The zero-order valence-corrected chi connectivity index (χ0v) is 11.7. The molecule has 1 rings (SSSR count). The van der Waals surface area contributed by atoms with E-state index in [1.54, 1.807) is 4.88 Å². The molecule has 0 aromatic carbocycles. The van der Waals surface area contributed by atoms with Gasteiger partial charge in [-0.15, -0.1) is 11.3 Å². The van der Waals surface area contributed by atoms with Crippen molar-refractivity contribution in [1.82, 2.24) is 5.32 Å². The second kappa shape index (κ2) is 7.86. The zero-order chi connectivity index (χ0) is 11.8. The molecule has 16 heavy (non-hydrogen) atoms. The fraction of sp³-hybridized carbons (Fsp3) is 0.714. The van der Waals surface area contributed by atoms with E-state index >= 15 is 0 Å². The average Bonchev–Trinajstić information content (AvgIpc) is 2.70. The fourth-order valence-corrected chi connectivity index (χ4v) is 2.63. The van der Waals surface area contributed by atoms with E-state index in [4.69, 9.17) is 0 Å². The van der Waals surface area contributed by atoms with Crippen molar-refractivity contribution < 1.29 is 0 Å². The number of hydrogen-bond acceptors (Lipinski definition) is 2. The Balaban J connectivity index is 2.22. The van der Waals surface area contributed by atoms with Gasteiger partial charge in [0.2, 0.25) is 0 Å². The van der Waals surface area contributed by atoms with Gasteiger partial charge in [-0.1, -0.05) is 40.0 Å². The quantitative estimate of drug-likeness (QED) is 0.664. The molecule has 0 spiro atoms. The first-order chi connectivity index (χ1) is 7.72. The first-order valence-electron chi connectivity index (χ1n) is 6.52. The Hall–Kier alpha value is -0.340. The van der Waals surface area contributed by atoms with Gasteiger partial charge in [0, 0.05) is 17.5 Å². The summed E-state index contributed by atoms with van der Waals surface area (Å²) >= 11 is 1.92. The van der Waals surface area contributed by atoms with E-state index in [1.807, 2.05) is 11.3 Å². The maximum Gasteiger partial charge on any atom is 0.0216 e. The van der Waals surface area contributed by atoms with Gasteiger partial charge in [0.15, 0.2) is 0 Å². The molecule has 1 heterocycles. The highest BCUT2D eigenvalue weighted by atomic mass is 32.1. The van der Waals surface area contributed by atoms with Crippen molar-refractivity contribution >= 4 is 11.3 Å². The fourth-order valence-electron chi connectivity index (χ4n) is 1.70. The van der Waals surface area contributed by atoms with Gasteiger partial charge in [0.25, 0.3) is 0 Å². The summed E-state index contributed by atoms with van der Waals surface area (Å²) in [6.45, 7) is 7.67. The topological polar surface area (TPSA) is 12.0 Å². The van der Waals surface area contributed by atoms with E-state index in [-0.39, 0.29) is 0 Å². The lowest BCUT2D eigenvalue weighted by Crippen LogP contribution is -2.21. The maximum atomic E-state index is 3.46. The van der Waals surface area contributed by atoms with Crippen LogP contribution < -0.4 is 5.32 Å². The number of hydrogen-bond donors (Lipinski definition) is 1. The molecule has 0 bridgehead atoms. The minimum absolute atomic E-state index is 0.577. The van der Waals surface area contributed by atoms with Crippen molar-refractivity contribution in [1.29, 1.82) is 0 Å². The molecule has 0 unspecified atom stereocenters. The van der Waals surface area contributed by atoms with Crippen LogP contribution in [0.3, 0.4) is 0 Å². The van der Waals surface area contributed by atoms with Gasteiger partial charge in [-0.05, 0) is 29.9 Å². The van der Waals surface area contributed by atoms with Crippen LogP contribution in [-0.2, 0) is 13.0 Å². The zero-order valence-electron chi connectivity index (χ0n) is 10.9. The minimum atomic E-state index is 0.577. The SMILES string of the molecule is CCCCCCc1cc(CNC(C)C)cs1. The molecule has 0 saturated carbocycles. The summed E-state index contributed by atoms with van der Waals surface area (Å²) in [5, 5.41) is 5.75. The van der Waals surface area contributed by atoms with Crippen LogP contribution in [0.4, 0.5) is 0 Å².